The van der Waals surface area contributed by atoms with Gasteiger partial charge in [-0.05, 0) is 55.0 Å². The molecule has 3 aromatic rings. The van der Waals surface area contributed by atoms with Crippen LogP contribution in [-0.4, -0.2) is 20.9 Å². The highest BCUT2D eigenvalue weighted by molar-refractivity contribution is 9.10. The van der Waals surface area contributed by atoms with Crippen LogP contribution in [0.3, 0.4) is 0 Å². The Morgan fingerprint density at radius 2 is 1.81 bits per heavy atom. The zero-order valence-corrected chi connectivity index (χ0v) is 19.7. The minimum absolute atomic E-state index is 0.0126. The van der Waals surface area contributed by atoms with E-state index in [1.807, 2.05) is 31.2 Å². The molecule has 0 radical (unpaired) electrons. The maximum atomic E-state index is 12.5. The number of para-hydroxylation sites is 1. The van der Waals surface area contributed by atoms with Crippen LogP contribution in [0.5, 0.6) is 5.75 Å². The van der Waals surface area contributed by atoms with Crippen LogP contribution in [0.2, 0.25) is 5.02 Å². The number of hydrogen-bond acceptors (Lipinski definition) is 4. The molecule has 0 aromatic heterocycles. The molecule has 3 aromatic carbocycles. The molecule has 31 heavy (non-hydrogen) atoms. The van der Waals surface area contributed by atoms with Gasteiger partial charge in [-0.25, -0.2) is 8.42 Å². The lowest BCUT2D eigenvalue weighted by molar-refractivity contribution is -0.123. The summed E-state index contributed by atoms with van der Waals surface area (Å²) in [5.41, 5.74) is 1.39. The number of carbonyl (C=O) groups excluding carboxylic acids is 1. The van der Waals surface area contributed by atoms with Gasteiger partial charge in [0.2, 0.25) is 0 Å². The minimum atomic E-state index is -3.81. The van der Waals surface area contributed by atoms with Crippen LogP contribution in [0, 0.1) is 0 Å². The molecule has 1 amide bonds. The number of rotatable bonds is 8. The normalized spacial score (nSPS) is 12.1. The molecule has 0 fully saturated rings. The van der Waals surface area contributed by atoms with Crippen molar-refractivity contribution in [3.63, 3.8) is 0 Å². The molecule has 0 bridgehead atoms. The highest BCUT2D eigenvalue weighted by atomic mass is 79.9. The zero-order valence-electron chi connectivity index (χ0n) is 16.5. The molecule has 6 nitrogen and oxygen atoms in total. The van der Waals surface area contributed by atoms with Gasteiger partial charge in [0, 0.05) is 10.2 Å². The summed E-state index contributed by atoms with van der Waals surface area (Å²) < 4.78 is 33.9. The second kappa shape index (κ2) is 10.2. The number of carbonyl (C=O) groups is 1. The average molecular weight is 524 g/mol. The number of amides is 1. The van der Waals surface area contributed by atoms with Crippen molar-refractivity contribution in [2.45, 2.75) is 17.9 Å². The highest BCUT2D eigenvalue weighted by Gasteiger charge is 2.17. The van der Waals surface area contributed by atoms with Crippen molar-refractivity contribution in [1.29, 1.82) is 0 Å². The van der Waals surface area contributed by atoms with E-state index < -0.39 is 10.0 Å². The van der Waals surface area contributed by atoms with Gasteiger partial charge in [0.1, 0.15) is 5.75 Å². The van der Waals surface area contributed by atoms with Gasteiger partial charge in [0.05, 0.1) is 16.0 Å². The van der Waals surface area contributed by atoms with Gasteiger partial charge in [0.15, 0.2) is 6.61 Å². The number of sulfonamides is 1. The molecule has 0 aliphatic rings. The first-order valence-corrected chi connectivity index (χ1v) is 11.9. The third-order valence-corrected chi connectivity index (χ3v) is 6.49. The lowest BCUT2D eigenvalue weighted by atomic mass is 10.1. The van der Waals surface area contributed by atoms with Gasteiger partial charge in [-0.15, -0.1) is 0 Å². The number of nitrogens with one attached hydrogen (secondary N) is 2. The van der Waals surface area contributed by atoms with Gasteiger partial charge >= 0.3 is 0 Å². The van der Waals surface area contributed by atoms with Crippen LogP contribution in [-0.2, 0) is 14.8 Å². The molecule has 0 aliphatic heterocycles. The fourth-order valence-electron chi connectivity index (χ4n) is 2.77. The van der Waals surface area contributed by atoms with Crippen LogP contribution < -0.4 is 14.8 Å². The Bertz CT molecular complexity index is 1170. The first-order chi connectivity index (χ1) is 14.7. The van der Waals surface area contributed by atoms with E-state index in [0.717, 1.165) is 10.0 Å². The molecule has 9 heteroatoms. The predicted octanol–water partition coefficient (Wildman–Crippen LogP) is 5.16. The molecule has 1 atom stereocenters. The highest BCUT2D eigenvalue weighted by Crippen LogP contribution is 2.28. The number of anilines is 1. The summed E-state index contributed by atoms with van der Waals surface area (Å²) >= 11 is 9.59. The third-order valence-electron chi connectivity index (χ3n) is 4.32. The largest absolute Gasteiger partial charge is 0.482 e. The summed E-state index contributed by atoms with van der Waals surface area (Å²) in [6.45, 7) is 1.61. The van der Waals surface area contributed by atoms with E-state index in [4.69, 9.17) is 16.3 Å². The van der Waals surface area contributed by atoms with Crippen molar-refractivity contribution in [3.05, 3.63) is 87.9 Å². The first kappa shape index (κ1) is 23.1. The van der Waals surface area contributed by atoms with Crippen molar-refractivity contribution in [2.24, 2.45) is 0 Å². The Labute approximate surface area is 194 Å². The van der Waals surface area contributed by atoms with Crippen molar-refractivity contribution >= 4 is 49.1 Å². The smallest absolute Gasteiger partial charge is 0.261 e. The van der Waals surface area contributed by atoms with Crippen LogP contribution in [0.4, 0.5) is 5.69 Å². The monoisotopic (exact) mass is 522 g/mol. The fraction of sp³-hybridized carbons (Fsp3) is 0.136. The molecular formula is C22H20BrClN2O4S. The summed E-state index contributed by atoms with van der Waals surface area (Å²) in [4.78, 5) is 12.2. The van der Waals surface area contributed by atoms with Crippen LogP contribution in [0.1, 0.15) is 18.5 Å². The average Bonchev–Trinajstić information content (AvgIpc) is 2.73. The van der Waals surface area contributed by atoms with Crippen LogP contribution in [0.15, 0.2) is 82.2 Å². The Morgan fingerprint density at radius 1 is 1.06 bits per heavy atom. The van der Waals surface area contributed by atoms with E-state index >= 15 is 0 Å². The van der Waals surface area contributed by atoms with Gasteiger partial charge in [-0.1, -0.05) is 57.9 Å². The van der Waals surface area contributed by atoms with Gasteiger partial charge in [-0.3, -0.25) is 9.52 Å². The Hall–Kier alpha value is -2.55. The molecular weight excluding hydrogens is 504 g/mol. The standard InChI is InChI=1S/C22H20BrClN2O4S/c1-15(16-6-5-7-17(23)12-16)25-22(27)14-30-21-11-10-19(13-20(21)24)31(28,29)26-18-8-3-2-4-9-18/h2-13,15,26H,14H2,1H3,(H,25,27). The summed E-state index contributed by atoms with van der Waals surface area (Å²) in [6, 6.07) is 20.0. The van der Waals surface area contributed by atoms with Gasteiger partial charge in [-0.2, -0.15) is 0 Å². The summed E-state index contributed by atoms with van der Waals surface area (Å²) in [5, 5.41) is 2.93. The Morgan fingerprint density at radius 3 is 2.48 bits per heavy atom. The SMILES string of the molecule is CC(NC(=O)COc1ccc(S(=O)(=O)Nc2ccccc2)cc1Cl)c1cccc(Br)c1. The molecule has 0 saturated carbocycles. The molecule has 3 rings (SSSR count). The second-order valence-corrected chi connectivity index (χ2v) is 9.70. The molecule has 162 valence electrons. The summed E-state index contributed by atoms with van der Waals surface area (Å²) in [7, 11) is -3.81. The van der Waals surface area contributed by atoms with Crippen LogP contribution in [0.25, 0.3) is 0 Å². The summed E-state index contributed by atoms with van der Waals surface area (Å²) in [5.74, 6) is -0.114. The van der Waals surface area contributed by atoms with Gasteiger partial charge < -0.3 is 10.1 Å². The topological polar surface area (TPSA) is 84.5 Å². The van der Waals surface area contributed by atoms with Crippen molar-refractivity contribution < 1.29 is 17.9 Å². The molecule has 0 aliphatic carbocycles. The number of hydrogen-bond donors (Lipinski definition) is 2. The van der Waals surface area contributed by atoms with E-state index in [1.54, 1.807) is 30.3 Å². The van der Waals surface area contributed by atoms with Crippen LogP contribution >= 0.6 is 27.5 Å². The fourth-order valence-corrected chi connectivity index (χ4v) is 4.57. The minimum Gasteiger partial charge on any atom is -0.482 e. The summed E-state index contributed by atoms with van der Waals surface area (Å²) in [6.07, 6.45) is 0. The molecule has 0 heterocycles. The number of benzene rings is 3. The van der Waals surface area contributed by atoms with Crippen molar-refractivity contribution in [1.82, 2.24) is 5.32 Å². The Balaban J connectivity index is 1.60. The van der Waals surface area contributed by atoms with E-state index in [9.17, 15) is 13.2 Å². The molecule has 0 spiro atoms. The number of halogens is 2. The molecule has 0 saturated heterocycles. The quantitative estimate of drug-likeness (QED) is 0.427. The van der Waals surface area contributed by atoms with Crippen molar-refractivity contribution in [3.8, 4) is 5.75 Å². The van der Waals surface area contributed by atoms with E-state index in [1.165, 1.54) is 18.2 Å². The maximum Gasteiger partial charge on any atom is 0.261 e. The first-order valence-electron chi connectivity index (χ1n) is 9.29. The van der Waals surface area contributed by atoms with Gasteiger partial charge in [0.25, 0.3) is 15.9 Å². The number of ether oxygens (including phenoxy) is 1. The van der Waals surface area contributed by atoms with E-state index in [-0.39, 0.29) is 34.2 Å². The molecule has 2 N–H and O–H groups in total. The van der Waals surface area contributed by atoms with E-state index in [2.05, 4.69) is 26.0 Å². The van der Waals surface area contributed by atoms with Crippen molar-refractivity contribution in [2.75, 3.05) is 11.3 Å². The third kappa shape index (κ3) is 6.46. The second-order valence-electron chi connectivity index (χ2n) is 6.70. The predicted molar refractivity (Wildman–Crippen MR) is 125 cm³/mol. The zero-order chi connectivity index (χ0) is 22.4. The lowest BCUT2D eigenvalue weighted by Gasteiger charge is -2.15. The maximum absolute atomic E-state index is 12.5. The Kier molecular flexibility index (Phi) is 7.59. The molecule has 1 unspecified atom stereocenters. The van der Waals surface area contributed by atoms with E-state index in [0.29, 0.717) is 5.69 Å². The lowest BCUT2D eigenvalue weighted by Crippen LogP contribution is -2.31.